The van der Waals surface area contributed by atoms with Crippen molar-refractivity contribution in [1.29, 1.82) is 0 Å². The molecular weight excluding hydrogens is 354 g/mol. The first kappa shape index (κ1) is 22.2. The third kappa shape index (κ3) is 6.49. The highest BCUT2D eigenvalue weighted by molar-refractivity contribution is 6.76. The average molecular weight is 394 g/mol. The van der Waals surface area contributed by atoms with E-state index in [2.05, 4.69) is 51.7 Å². The smallest absolute Gasteiger partial charge is 0.410 e. The van der Waals surface area contributed by atoms with Crippen molar-refractivity contribution in [3.8, 4) is 0 Å². The van der Waals surface area contributed by atoms with Crippen LogP contribution in [0.2, 0.25) is 25.7 Å². The van der Waals surface area contributed by atoms with Gasteiger partial charge in [0.05, 0.1) is 6.61 Å². The summed E-state index contributed by atoms with van der Waals surface area (Å²) in [7, 11) is -1.07. The molecule has 1 aliphatic heterocycles. The Balaban J connectivity index is 1.93. The quantitative estimate of drug-likeness (QED) is 0.451. The molecule has 2 aliphatic rings. The highest BCUT2D eigenvalue weighted by atomic mass is 28.3. The second-order valence-electron chi connectivity index (χ2n) is 10.8. The molecule has 0 N–H and O–H groups in total. The summed E-state index contributed by atoms with van der Waals surface area (Å²) in [6.07, 6.45) is 6.71. The minimum Gasteiger partial charge on any atom is -0.444 e. The molecule has 1 aliphatic carbocycles. The SMILES string of the molecule is CC1=CC(C)(COCC[Si](C)(C)C)C(C2CN(C(=O)OC(C)(C)C)C2)C=C1. The van der Waals surface area contributed by atoms with Gasteiger partial charge in [-0.3, -0.25) is 0 Å². The van der Waals surface area contributed by atoms with Crippen molar-refractivity contribution >= 4 is 14.2 Å². The minimum absolute atomic E-state index is 0.0110. The normalized spacial score (nSPS) is 26.6. The van der Waals surface area contributed by atoms with E-state index in [4.69, 9.17) is 9.47 Å². The molecule has 154 valence electrons. The topological polar surface area (TPSA) is 38.8 Å². The van der Waals surface area contributed by atoms with Gasteiger partial charge in [0, 0.05) is 39.1 Å². The fraction of sp³-hybridized carbons (Fsp3) is 0.773. The Hall–Kier alpha value is -1.07. The number of amides is 1. The molecule has 1 heterocycles. The van der Waals surface area contributed by atoms with Gasteiger partial charge in [0.1, 0.15) is 5.60 Å². The number of hydrogen-bond acceptors (Lipinski definition) is 3. The Kier molecular flexibility index (Phi) is 6.68. The van der Waals surface area contributed by atoms with Gasteiger partial charge in [-0.25, -0.2) is 4.79 Å². The molecule has 1 saturated heterocycles. The predicted octanol–water partition coefficient (Wildman–Crippen LogP) is 5.35. The van der Waals surface area contributed by atoms with Crippen LogP contribution in [0.3, 0.4) is 0 Å². The molecule has 27 heavy (non-hydrogen) atoms. The summed E-state index contributed by atoms with van der Waals surface area (Å²) >= 11 is 0. The fourth-order valence-electron chi connectivity index (χ4n) is 3.86. The van der Waals surface area contributed by atoms with Gasteiger partial charge in [0.25, 0.3) is 0 Å². The predicted molar refractivity (Wildman–Crippen MR) is 115 cm³/mol. The van der Waals surface area contributed by atoms with Gasteiger partial charge in [0.15, 0.2) is 0 Å². The van der Waals surface area contributed by atoms with E-state index in [0.29, 0.717) is 11.8 Å². The van der Waals surface area contributed by atoms with Gasteiger partial charge in [-0.1, -0.05) is 50.4 Å². The standard InChI is InChI=1S/C22H39NO3Si/c1-17-9-10-19(18-14-23(15-18)20(24)26-21(2,3)4)22(5,13-17)16-25-11-12-27(6,7)8/h9-10,13,18-19H,11-12,14-16H2,1-8H3. The van der Waals surface area contributed by atoms with E-state index in [1.165, 1.54) is 11.6 Å². The Morgan fingerprint density at radius 3 is 2.48 bits per heavy atom. The van der Waals surface area contributed by atoms with Crippen molar-refractivity contribution < 1.29 is 14.3 Å². The lowest BCUT2D eigenvalue weighted by molar-refractivity contribution is -0.0271. The van der Waals surface area contributed by atoms with Crippen LogP contribution in [0, 0.1) is 17.3 Å². The van der Waals surface area contributed by atoms with Gasteiger partial charge in [-0.05, 0) is 39.7 Å². The molecular formula is C22H39NO3Si. The Labute approximate surface area is 167 Å². The average Bonchev–Trinajstić information content (AvgIpc) is 2.41. The molecule has 0 aromatic heterocycles. The zero-order valence-electron chi connectivity index (χ0n) is 18.6. The zero-order chi connectivity index (χ0) is 20.5. The second-order valence-corrected chi connectivity index (χ2v) is 16.4. The van der Waals surface area contributed by atoms with Gasteiger partial charge < -0.3 is 14.4 Å². The van der Waals surface area contributed by atoms with Crippen LogP contribution in [-0.4, -0.2) is 51.0 Å². The first-order chi connectivity index (χ1) is 12.3. The molecule has 0 spiro atoms. The summed E-state index contributed by atoms with van der Waals surface area (Å²) in [5.74, 6) is 0.857. The van der Waals surface area contributed by atoms with Gasteiger partial charge in [-0.15, -0.1) is 0 Å². The summed E-state index contributed by atoms with van der Waals surface area (Å²) in [5.41, 5.74) is 0.847. The van der Waals surface area contributed by atoms with Crippen molar-refractivity contribution in [2.24, 2.45) is 17.3 Å². The van der Waals surface area contributed by atoms with Crippen molar-refractivity contribution in [2.75, 3.05) is 26.3 Å². The first-order valence-corrected chi connectivity index (χ1v) is 13.9. The summed E-state index contributed by atoms with van der Waals surface area (Å²) in [6.45, 7) is 20.5. The van der Waals surface area contributed by atoms with Crippen molar-refractivity contribution in [2.45, 2.75) is 65.9 Å². The second kappa shape index (κ2) is 8.12. The largest absolute Gasteiger partial charge is 0.444 e. The monoisotopic (exact) mass is 393 g/mol. The summed E-state index contributed by atoms with van der Waals surface area (Å²) in [4.78, 5) is 14.1. The maximum Gasteiger partial charge on any atom is 0.410 e. The van der Waals surface area contributed by atoms with Gasteiger partial charge in [-0.2, -0.15) is 0 Å². The molecule has 1 fully saturated rings. The summed E-state index contributed by atoms with van der Waals surface area (Å²) < 4.78 is 11.6. The van der Waals surface area contributed by atoms with E-state index in [-0.39, 0.29) is 11.5 Å². The van der Waals surface area contributed by atoms with Crippen LogP contribution in [0.1, 0.15) is 34.6 Å². The van der Waals surface area contributed by atoms with Gasteiger partial charge >= 0.3 is 6.09 Å². The van der Waals surface area contributed by atoms with Crippen molar-refractivity contribution in [3.63, 3.8) is 0 Å². The van der Waals surface area contributed by atoms with Crippen LogP contribution in [0.5, 0.6) is 0 Å². The van der Waals surface area contributed by atoms with E-state index in [0.717, 1.165) is 26.3 Å². The number of carbonyl (C=O) groups is 1. The number of nitrogens with zero attached hydrogens (tertiary/aromatic N) is 1. The number of likely N-dealkylation sites (tertiary alicyclic amines) is 1. The molecule has 0 aromatic carbocycles. The molecule has 1 amide bonds. The molecule has 2 unspecified atom stereocenters. The Morgan fingerprint density at radius 1 is 1.30 bits per heavy atom. The number of allylic oxidation sites excluding steroid dienone is 3. The summed E-state index contributed by atoms with van der Waals surface area (Å²) in [5, 5.41) is 0. The number of rotatable bonds is 6. The number of hydrogen-bond donors (Lipinski definition) is 0. The van der Waals surface area contributed by atoms with Crippen LogP contribution in [-0.2, 0) is 9.47 Å². The van der Waals surface area contributed by atoms with Crippen LogP contribution in [0.25, 0.3) is 0 Å². The molecule has 0 saturated carbocycles. The minimum atomic E-state index is -1.07. The lowest BCUT2D eigenvalue weighted by atomic mass is 9.66. The zero-order valence-corrected chi connectivity index (χ0v) is 19.6. The first-order valence-electron chi connectivity index (χ1n) is 10.2. The highest BCUT2D eigenvalue weighted by Gasteiger charge is 2.45. The number of carbonyl (C=O) groups excluding carboxylic acids is 1. The molecule has 5 heteroatoms. The Bertz CT molecular complexity index is 594. The van der Waals surface area contributed by atoms with Crippen LogP contribution in [0.15, 0.2) is 23.8 Å². The molecule has 2 rings (SSSR count). The maximum atomic E-state index is 12.2. The van der Waals surface area contributed by atoms with Crippen molar-refractivity contribution in [3.05, 3.63) is 23.8 Å². The Morgan fingerprint density at radius 2 is 1.93 bits per heavy atom. The lowest BCUT2D eigenvalue weighted by Gasteiger charge is -2.48. The molecule has 0 radical (unpaired) electrons. The maximum absolute atomic E-state index is 12.2. The molecule has 4 nitrogen and oxygen atoms in total. The van der Waals surface area contributed by atoms with E-state index in [9.17, 15) is 4.79 Å². The van der Waals surface area contributed by atoms with Crippen LogP contribution in [0.4, 0.5) is 4.79 Å². The van der Waals surface area contributed by atoms with Gasteiger partial charge in [0.2, 0.25) is 0 Å². The molecule has 2 atom stereocenters. The highest BCUT2D eigenvalue weighted by Crippen LogP contribution is 2.43. The van der Waals surface area contributed by atoms with Crippen LogP contribution < -0.4 is 0 Å². The third-order valence-corrected chi connectivity index (χ3v) is 7.07. The molecule has 0 aromatic rings. The molecule has 0 bridgehead atoms. The number of ether oxygens (including phenoxy) is 2. The van der Waals surface area contributed by atoms with Crippen LogP contribution >= 0.6 is 0 Å². The van der Waals surface area contributed by atoms with Crippen molar-refractivity contribution in [1.82, 2.24) is 4.90 Å². The fourth-order valence-corrected chi connectivity index (χ4v) is 4.62. The van der Waals surface area contributed by atoms with E-state index >= 15 is 0 Å². The van der Waals surface area contributed by atoms with E-state index in [1.54, 1.807) is 0 Å². The van der Waals surface area contributed by atoms with E-state index in [1.807, 2.05) is 25.7 Å². The van der Waals surface area contributed by atoms with E-state index < -0.39 is 13.7 Å². The lowest BCUT2D eigenvalue weighted by Crippen LogP contribution is -2.56. The third-order valence-electron chi connectivity index (χ3n) is 5.36. The summed E-state index contributed by atoms with van der Waals surface area (Å²) in [6, 6.07) is 1.20.